The van der Waals surface area contributed by atoms with Gasteiger partial charge in [0.15, 0.2) is 0 Å². The van der Waals surface area contributed by atoms with E-state index < -0.39 is 45.8 Å². The number of aliphatic hydroxyl groups excluding tert-OH is 2. The van der Waals surface area contributed by atoms with Crippen LogP contribution >= 0.6 is 7.82 Å². The first-order valence-electron chi connectivity index (χ1n) is 24.6. The van der Waals surface area contributed by atoms with E-state index in [4.69, 9.17) is 23.6 Å². The summed E-state index contributed by atoms with van der Waals surface area (Å²) in [5.74, 6) is -0.410. The molecule has 0 amide bonds. The minimum atomic E-state index is -4.54. The van der Waals surface area contributed by atoms with E-state index in [-0.39, 0.29) is 13.0 Å². The molecule has 0 rings (SSSR count). The molecule has 3 unspecified atom stereocenters. The van der Waals surface area contributed by atoms with Crippen LogP contribution in [0.3, 0.4) is 0 Å². The van der Waals surface area contributed by atoms with Crippen molar-refractivity contribution in [2.75, 3.05) is 33.0 Å². The lowest BCUT2D eigenvalue weighted by molar-refractivity contribution is -0.154. The molecule has 0 aromatic heterocycles. The Bertz CT molecular complexity index is 1240. The molecule has 0 spiro atoms. The van der Waals surface area contributed by atoms with E-state index in [1.54, 1.807) is 0 Å². The van der Waals surface area contributed by atoms with Crippen LogP contribution in [0.4, 0.5) is 0 Å². The molecule has 0 heterocycles. The second-order valence-corrected chi connectivity index (χ2v) is 17.5. The first-order chi connectivity index (χ1) is 30.3. The van der Waals surface area contributed by atoms with Gasteiger partial charge in [0.1, 0.15) is 12.2 Å². The van der Waals surface area contributed by atoms with Crippen LogP contribution < -0.4 is 0 Å². The maximum atomic E-state index is 12.7. The van der Waals surface area contributed by atoms with Crippen LogP contribution in [0.25, 0.3) is 0 Å². The van der Waals surface area contributed by atoms with Crippen LogP contribution in [0.2, 0.25) is 0 Å². The molecule has 0 saturated heterocycles. The highest BCUT2D eigenvalue weighted by molar-refractivity contribution is 7.47. The van der Waals surface area contributed by atoms with Gasteiger partial charge in [-0.3, -0.25) is 13.8 Å². The number of hydrogen-bond donors (Lipinski definition) is 3. The highest BCUT2D eigenvalue weighted by Crippen LogP contribution is 2.43. The molecule has 10 heteroatoms. The standard InChI is InChI=1S/C52H91O9P/c1-3-5-7-9-11-13-15-17-19-21-22-23-24-25-26-27-29-31-33-35-37-39-41-43-45-58-48-51(49-60-62(56,57)59-47-50(54)46-53)61-52(55)44-42-40-38-36-34-32-30-28-20-18-16-14-12-10-8-6-4-2/h6,8,12,14-15,17-18,20-22,24-25,30,32,50-51,53-54H,3-5,7,9-11,13,16,19,23,26-29,31,33-49H2,1-2H3,(H,56,57)/b8-6-,14-12-,17-15-,20-18-,22-21-,25-24-,32-30-. The lowest BCUT2D eigenvalue weighted by Gasteiger charge is -2.20. The van der Waals surface area contributed by atoms with Crippen molar-refractivity contribution in [3.63, 3.8) is 0 Å². The number of esters is 1. The predicted molar refractivity (Wildman–Crippen MR) is 260 cm³/mol. The Morgan fingerprint density at radius 2 is 0.919 bits per heavy atom. The molecular weight excluding hydrogens is 800 g/mol. The number of phosphoric acid groups is 1. The number of allylic oxidation sites excluding steroid dienone is 14. The molecule has 358 valence electrons. The summed E-state index contributed by atoms with van der Waals surface area (Å²) in [6.07, 6.45) is 59.7. The summed E-state index contributed by atoms with van der Waals surface area (Å²) >= 11 is 0. The van der Waals surface area contributed by atoms with Gasteiger partial charge in [-0.25, -0.2) is 4.57 Å². The van der Waals surface area contributed by atoms with Crippen LogP contribution in [-0.2, 0) is 27.9 Å². The van der Waals surface area contributed by atoms with Gasteiger partial charge < -0.3 is 24.6 Å². The molecule has 0 aliphatic carbocycles. The molecular formula is C52H91O9P. The first kappa shape index (κ1) is 59.6. The maximum Gasteiger partial charge on any atom is 0.472 e. The normalized spacial score (nSPS) is 14.6. The number of unbranched alkanes of at least 4 members (excludes halogenated alkanes) is 18. The minimum absolute atomic E-state index is 0.0305. The van der Waals surface area contributed by atoms with E-state index in [1.807, 2.05) is 0 Å². The molecule has 0 fully saturated rings. The quantitative estimate of drug-likeness (QED) is 0.0236. The van der Waals surface area contributed by atoms with Crippen LogP contribution in [0.1, 0.15) is 194 Å². The van der Waals surface area contributed by atoms with Crippen molar-refractivity contribution in [2.45, 2.75) is 206 Å². The fourth-order valence-corrected chi connectivity index (χ4v) is 7.14. The van der Waals surface area contributed by atoms with Gasteiger partial charge in [-0.1, -0.05) is 182 Å². The van der Waals surface area contributed by atoms with Gasteiger partial charge in [0.2, 0.25) is 0 Å². The molecule has 62 heavy (non-hydrogen) atoms. The van der Waals surface area contributed by atoms with Gasteiger partial charge in [0, 0.05) is 13.0 Å². The number of aliphatic hydroxyl groups is 2. The van der Waals surface area contributed by atoms with E-state index in [0.29, 0.717) is 13.0 Å². The highest BCUT2D eigenvalue weighted by Gasteiger charge is 2.26. The van der Waals surface area contributed by atoms with Crippen molar-refractivity contribution in [1.29, 1.82) is 0 Å². The summed E-state index contributed by atoms with van der Waals surface area (Å²) in [5, 5.41) is 18.4. The molecule has 0 saturated carbocycles. The first-order valence-corrected chi connectivity index (χ1v) is 26.1. The predicted octanol–water partition coefficient (Wildman–Crippen LogP) is 14.3. The number of carbonyl (C=O) groups excluding carboxylic acids is 1. The Kier molecular flexibility index (Phi) is 46.3. The molecule has 0 aliphatic rings. The number of phosphoric ester groups is 1. The van der Waals surface area contributed by atoms with Crippen molar-refractivity contribution in [1.82, 2.24) is 0 Å². The third kappa shape index (κ3) is 47.1. The van der Waals surface area contributed by atoms with Crippen LogP contribution in [0, 0.1) is 0 Å². The second kappa shape index (κ2) is 48.1. The van der Waals surface area contributed by atoms with Gasteiger partial charge in [-0.15, -0.1) is 0 Å². The number of carbonyl (C=O) groups is 1. The SMILES string of the molecule is CC/C=C\C/C=C\C/C=C\C/C=C\CCCCCCC(=O)OC(COCCCCCCCCCCC/C=C\C/C=C\C/C=C\CCCCCCC)COP(=O)(O)OCC(O)CO. The molecule has 3 atom stereocenters. The minimum Gasteiger partial charge on any atom is -0.457 e. The third-order valence-electron chi connectivity index (χ3n) is 10.1. The topological polar surface area (TPSA) is 132 Å². The van der Waals surface area contributed by atoms with Gasteiger partial charge in [-0.2, -0.15) is 0 Å². The lowest BCUT2D eigenvalue weighted by atomic mass is 10.1. The number of hydrogen-bond acceptors (Lipinski definition) is 8. The van der Waals surface area contributed by atoms with E-state index in [2.05, 4.69) is 98.9 Å². The van der Waals surface area contributed by atoms with Crippen LogP contribution in [0.15, 0.2) is 85.1 Å². The monoisotopic (exact) mass is 891 g/mol. The summed E-state index contributed by atoms with van der Waals surface area (Å²) < 4.78 is 33.5. The summed E-state index contributed by atoms with van der Waals surface area (Å²) in [7, 11) is -4.54. The summed E-state index contributed by atoms with van der Waals surface area (Å²) in [6, 6.07) is 0. The van der Waals surface area contributed by atoms with E-state index in [9.17, 15) is 19.4 Å². The smallest absolute Gasteiger partial charge is 0.457 e. The van der Waals surface area contributed by atoms with Crippen molar-refractivity contribution in [2.24, 2.45) is 0 Å². The summed E-state index contributed by atoms with van der Waals surface area (Å²) in [4.78, 5) is 22.6. The summed E-state index contributed by atoms with van der Waals surface area (Å²) in [6.45, 7) is 3.34. The average molecular weight is 891 g/mol. The molecule has 9 nitrogen and oxygen atoms in total. The number of rotatable bonds is 46. The molecule has 3 N–H and O–H groups in total. The second-order valence-electron chi connectivity index (χ2n) is 16.1. The third-order valence-corrected chi connectivity index (χ3v) is 11.0. The zero-order chi connectivity index (χ0) is 45.3. The Morgan fingerprint density at radius 1 is 0.516 bits per heavy atom. The molecule has 0 aromatic carbocycles. The zero-order valence-corrected chi connectivity index (χ0v) is 40.2. The Balaban J connectivity index is 4.15. The molecule has 0 aromatic rings. The maximum absolute atomic E-state index is 12.7. The Hall–Kier alpha value is -2.36. The van der Waals surface area contributed by atoms with Gasteiger partial charge in [-0.05, 0) is 89.9 Å². The lowest BCUT2D eigenvalue weighted by Crippen LogP contribution is -2.29. The fraction of sp³-hybridized carbons (Fsp3) is 0.712. The fourth-order valence-electron chi connectivity index (χ4n) is 6.35. The molecule has 0 bridgehead atoms. The number of ether oxygens (including phenoxy) is 2. The van der Waals surface area contributed by atoms with Gasteiger partial charge >= 0.3 is 13.8 Å². The van der Waals surface area contributed by atoms with Crippen LogP contribution in [0.5, 0.6) is 0 Å². The van der Waals surface area contributed by atoms with Crippen molar-refractivity contribution >= 4 is 13.8 Å². The molecule has 0 radical (unpaired) electrons. The Morgan fingerprint density at radius 3 is 1.39 bits per heavy atom. The van der Waals surface area contributed by atoms with E-state index in [1.165, 1.54) is 77.0 Å². The van der Waals surface area contributed by atoms with Crippen LogP contribution in [-0.4, -0.2) is 66.3 Å². The molecule has 0 aliphatic heterocycles. The summed E-state index contributed by atoms with van der Waals surface area (Å²) in [5.41, 5.74) is 0. The van der Waals surface area contributed by atoms with Crippen molar-refractivity contribution in [3.8, 4) is 0 Å². The van der Waals surface area contributed by atoms with E-state index in [0.717, 1.165) is 89.9 Å². The Labute approximate surface area is 379 Å². The zero-order valence-electron chi connectivity index (χ0n) is 39.3. The van der Waals surface area contributed by atoms with Crippen molar-refractivity contribution in [3.05, 3.63) is 85.1 Å². The largest absolute Gasteiger partial charge is 0.472 e. The van der Waals surface area contributed by atoms with Crippen molar-refractivity contribution < 1.29 is 43.0 Å². The average Bonchev–Trinajstić information content (AvgIpc) is 3.26. The highest BCUT2D eigenvalue weighted by atomic mass is 31.2. The van der Waals surface area contributed by atoms with Gasteiger partial charge in [0.05, 0.1) is 26.4 Å². The van der Waals surface area contributed by atoms with Gasteiger partial charge in [0.25, 0.3) is 0 Å². The van der Waals surface area contributed by atoms with E-state index >= 15 is 0 Å².